The van der Waals surface area contributed by atoms with Crippen molar-refractivity contribution in [3.8, 4) is 11.8 Å². The number of carbonyl (C=O) groups excluding carboxylic acids is 1. The summed E-state index contributed by atoms with van der Waals surface area (Å²) < 4.78 is 1.69. The number of rotatable bonds is 6. The van der Waals surface area contributed by atoms with Gasteiger partial charge in [0.2, 0.25) is 5.91 Å². The van der Waals surface area contributed by atoms with Crippen LogP contribution in [0.3, 0.4) is 0 Å². The Bertz CT molecular complexity index is 910. The smallest absolute Gasteiger partial charge is 0.239 e. The van der Waals surface area contributed by atoms with Crippen LogP contribution < -0.4 is 5.32 Å². The quantitative estimate of drug-likeness (QED) is 0.725. The van der Waals surface area contributed by atoms with Crippen molar-refractivity contribution in [3.05, 3.63) is 59.5 Å². The number of nitriles is 1. The van der Waals surface area contributed by atoms with Crippen LogP contribution in [0, 0.1) is 11.3 Å². The second kappa shape index (κ2) is 7.91. The van der Waals surface area contributed by atoms with E-state index in [1.165, 1.54) is 17.7 Å². The summed E-state index contributed by atoms with van der Waals surface area (Å²) in [5.74, 6) is -0.141. The topological polar surface area (TPSA) is 86.8 Å². The summed E-state index contributed by atoms with van der Waals surface area (Å²) in [4.78, 5) is 18.2. The number of likely N-dealkylation sites (N-methyl/N-ethyl adjacent to an activating group) is 1. The Hall–Kier alpha value is -3.02. The lowest BCUT2D eigenvalue weighted by molar-refractivity contribution is -0.117. The summed E-state index contributed by atoms with van der Waals surface area (Å²) >= 11 is 1.35. The molecule has 0 fully saturated rings. The van der Waals surface area contributed by atoms with Gasteiger partial charge in [0.25, 0.3) is 0 Å². The lowest BCUT2D eigenvalue weighted by atomic mass is 10.1. The highest BCUT2D eigenvalue weighted by atomic mass is 32.1. The summed E-state index contributed by atoms with van der Waals surface area (Å²) in [6.07, 6.45) is 3.14. The molecule has 0 saturated carbocycles. The first kappa shape index (κ1) is 17.8. The van der Waals surface area contributed by atoms with Crippen LogP contribution >= 0.6 is 11.3 Å². The third kappa shape index (κ3) is 3.96. The van der Waals surface area contributed by atoms with Gasteiger partial charge in [-0.1, -0.05) is 12.1 Å². The Labute approximate surface area is 155 Å². The molecule has 1 unspecified atom stereocenters. The predicted octanol–water partition coefficient (Wildman–Crippen LogP) is 2.83. The maximum atomic E-state index is 12.3. The zero-order valence-corrected chi connectivity index (χ0v) is 15.3. The van der Waals surface area contributed by atoms with Crippen molar-refractivity contribution in [2.45, 2.75) is 13.0 Å². The number of amides is 1. The van der Waals surface area contributed by atoms with Gasteiger partial charge in [-0.3, -0.25) is 9.69 Å². The van der Waals surface area contributed by atoms with Crippen LogP contribution in [0.15, 0.2) is 48.4 Å². The number of aromatic nitrogens is 3. The minimum absolute atomic E-state index is 0.0596. The molecule has 1 amide bonds. The molecule has 0 saturated heterocycles. The first-order valence-electron chi connectivity index (χ1n) is 8.01. The monoisotopic (exact) mass is 366 g/mol. The summed E-state index contributed by atoms with van der Waals surface area (Å²) in [6.45, 7) is 2.28. The van der Waals surface area contributed by atoms with Gasteiger partial charge in [-0.15, -0.1) is 11.3 Å². The third-order valence-corrected chi connectivity index (χ3v) is 4.98. The van der Waals surface area contributed by atoms with Gasteiger partial charge in [-0.25, -0.2) is 9.67 Å². The standard InChI is InChI=1S/C18H18N6OS/c1-13(14-3-5-16(6-4-14)24-12-20-11-21-24)23(2)10-17(25)22-18-15(9-19)7-8-26-18/h3-8,11-13H,10H2,1-2H3,(H,22,25). The van der Waals surface area contributed by atoms with E-state index in [0.717, 1.165) is 11.3 Å². The number of nitrogens with one attached hydrogen (secondary N) is 1. The molecule has 2 heterocycles. The van der Waals surface area contributed by atoms with Crippen LogP contribution in [0.5, 0.6) is 0 Å². The van der Waals surface area contributed by atoms with Gasteiger partial charge in [-0.05, 0) is 43.1 Å². The minimum atomic E-state index is -0.141. The summed E-state index contributed by atoms with van der Waals surface area (Å²) in [5, 5.41) is 18.3. The van der Waals surface area contributed by atoms with E-state index in [4.69, 9.17) is 5.26 Å². The van der Waals surface area contributed by atoms with Crippen molar-refractivity contribution in [2.75, 3.05) is 18.9 Å². The van der Waals surface area contributed by atoms with Crippen LogP contribution in [-0.2, 0) is 4.79 Å². The molecule has 132 valence electrons. The van der Waals surface area contributed by atoms with Gasteiger partial charge in [-0.2, -0.15) is 10.4 Å². The second-order valence-electron chi connectivity index (χ2n) is 5.85. The maximum absolute atomic E-state index is 12.3. The summed E-state index contributed by atoms with van der Waals surface area (Å²) in [5.41, 5.74) is 2.52. The van der Waals surface area contributed by atoms with Crippen LogP contribution in [-0.4, -0.2) is 39.2 Å². The number of anilines is 1. The first-order chi connectivity index (χ1) is 12.6. The highest BCUT2D eigenvalue weighted by molar-refractivity contribution is 7.14. The number of carbonyl (C=O) groups is 1. The fourth-order valence-corrected chi connectivity index (χ4v) is 3.28. The largest absolute Gasteiger partial charge is 0.315 e. The van der Waals surface area contributed by atoms with Gasteiger partial charge in [0.05, 0.1) is 17.8 Å². The Morgan fingerprint density at radius 1 is 1.38 bits per heavy atom. The maximum Gasteiger partial charge on any atom is 0.239 e. The van der Waals surface area contributed by atoms with Gasteiger partial charge in [0.1, 0.15) is 23.7 Å². The SMILES string of the molecule is CC(c1ccc(-n2cncn2)cc1)N(C)CC(=O)Nc1sccc1C#N. The predicted molar refractivity (Wildman–Crippen MR) is 100 cm³/mol. The van der Waals surface area contributed by atoms with Crippen LogP contribution in [0.2, 0.25) is 0 Å². The molecule has 0 aliphatic heterocycles. The molecular formula is C18H18N6OS. The molecule has 0 aliphatic rings. The van der Waals surface area contributed by atoms with Gasteiger partial charge in [0.15, 0.2) is 0 Å². The third-order valence-electron chi connectivity index (χ3n) is 4.15. The zero-order valence-electron chi connectivity index (χ0n) is 14.5. The van der Waals surface area contributed by atoms with Crippen LogP contribution in [0.25, 0.3) is 5.69 Å². The van der Waals surface area contributed by atoms with E-state index >= 15 is 0 Å². The van der Waals surface area contributed by atoms with Crippen molar-refractivity contribution in [1.82, 2.24) is 19.7 Å². The fourth-order valence-electron chi connectivity index (χ4n) is 2.53. The molecule has 1 N–H and O–H groups in total. The van der Waals surface area contributed by atoms with Crippen molar-refractivity contribution in [1.29, 1.82) is 5.26 Å². The lowest BCUT2D eigenvalue weighted by Crippen LogP contribution is -2.32. The molecule has 7 nitrogen and oxygen atoms in total. The van der Waals surface area contributed by atoms with E-state index in [2.05, 4.69) is 21.5 Å². The van der Waals surface area contributed by atoms with Crippen LogP contribution in [0.1, 0.15) is 24.1 Å². The molecule has 26 heavy (non-hydrogen) atoms. The number of hydrogen-bond donors (Lipinski definition) is 1. The van der Waals surface area contributed by atoms with E-state index in [9.17, 15) is 4.79 Å². The summed E-state index contributed by atoms with van der Waals surface area (Å²) in [6, 6.07) is 11.8. The van der Waals surface area contributed by atoms with Crippen molar-refractivity contribution in [2.24, 2.45) is 0 Å². The molecule has 2 aromatic heterocycles. The molecule has 3 rings (SSSR count). The fraction of sp³-hybridized carbons (Fsp3) is 0.222. The summed E-state index contributed by atoms with van der Waals surface area (Å²) in [7, 11) is 1.90. The highest BCUT2D eigenvalue weighted by Gasteiger charge is 2.16. The zero-order chi connectivity index (χ0) is 18.5. The second-order valence-corrected chi connectivity index (χ2v) is 6.76. The number of nitrogens with zero attached hydrogens (tertiary/aromatic N) is 5. The molecular weight excluding hydrogens is 348 g/mol. The molecule has 0 bridgehead atoms. The van der Waals surface area contributed by atoms with Gasteiger partial charge < -0.3 is 5.32 Å². The van der Waals surface area contributed by atoms with E-state index < -0.39 is 0 Å². The number of hydrogen-bond acceptors (Lipinski definition) is 6. The number of benzene rings is 1. The minimum Gasteiger partial charge on any atom is -0.315 e. The molecule has 3 aromatic rings. The Kier molecular flexibility index (Phi) is 5.41. The molecule has 0 spiro atoms. The van der Waals surface area contributed by atoms with E-state index in [0.29, 0.717) is 10.6 Å². The first-order valence-corrected chi connectivity index (χ1v) is 8.89. The normalized spacial score (nSPS) is 11.9. The van der Waals surface area contributed by atoms with E-state index in [-0.39, 0.29) is 18.5 Å². The van der Waals surface area contributed by atoms with Gasteiger partial charge in [0, 0.05) is 6.04 Å². The average Bonchev–Trinajstić information content (AvgIpc) is 3.32. The van der Waals surface area contributed by atoms with E-state index in [1.54, 1.807) is 22.5 Å². The average molecular weight is 366 g/mol. The molecule has 1 aromatic carbocycles. The van der Waals surface area contributed by atoms with Crippen LogP contribution in [0.4, 0.5) is 5.00 Å². The molecule has 0 aliphatic carbocycles. The Morgan fingerprint density at radius 2 is 2.15 bits per heavy atom. The Balaban J connectivity index is 1.61. The van der Waals surface area contributed by atoms with Crippen molar-refractivity contribution < 1.29 is 4.79 Å². The number of thiophene rings is 1. The molecule has 8 heteroatoms. The van der Waals surface area contributed by atoms with Crippen molar-refractivity contribution >= 4 is 22.2 Å². The highest BCUT2D eigenvalue weighted by Crippen LogP contribution is 2.23. The molecule has 0 radical (unpaired) electrons. The lowest BCUT2D eigenvalue weighted by Gasteiger charge is -2.24. The molecule has 1 atom stereocenters. The van der Waals surface area contributed by atoms with Gasteiger partial charge >= 0.3 is 0 Å². The Morgan fingerprint density at radius 3 is 2.81 bits per heavy atom. The van der Waals surface area contributed by atoms with Crippen molar-refractivity contribution in [3.63, 3.8) is 0 Å². The van der Waals surface area contributed by atoms with E-state index in [1.807, 2.05) is 43.1 Å².